The molecule has 1 saturated carbocycles. The molecule has 13 heavy (non-hydrogen) atoms. The van der Waals surface area contributed by atoms with Crippen LogP contribution in [0.15, 0.2) is 0 Å². The highest BCUT2D eigenvalue weighted by Crippen LogP contribution is 2.45. The summed E-state index contributed by atoms with van der Waals surface area (Å²) in [5, 5.41) is 0. The number of hydrogen-bond acceptors (Lipinski definition) is 0. The van der Waals surface area contributed by atoms with E-state index in [1.165, 1.54) is 32.1 Å². The minimum atomic E-state index is 0.992. The molecule has 1 aliphatic rings. The monoisotopic (exact) mass is 182 g/mol. The van der Waals surface area contributed by atoms with Crippen LogP contribution in [0.1, 0.15) is 59.8 Å². The van der Waals surface area contributed by atoms with Crippen molar-refractivity contribution in [1.29, 1.82) is 0 Å². The summed E-state index contributed by atoms with van der Waals surface area (Å²) in [6, 6.07) is 0. The van der Waals surface area contributed by atoms with Crippen LogP contribution in [0.5, 0.6) is 0 Å². The summed E-state index contributed by atoms with van der Waals surface area (Å²) < 4.78 is 0. The molecule has 0 saturated heterocycles. The van der Waals surface area contributed by atoms with Crippen LogP contribution in [-0.2, 0) is 0 Å². The maximum Gasteiger partial charge on any atom is -0.0358 e. The molecule has 0 bridgehead atoms. The van der Waals surface area contributed by atoms with Gasteiger partial charge in [0, 0.05) is 0 Å². The molecule has 1 fully saturated rings. The van der Waals surface area contributed by atoms with E-state index in [9.17, 15) is 0 Å². The molecule has 0 amide bonds. The first-order valence-corrected chi connectivity index (χ1v) is 6.20. The molecule has 0 radical (unpaired) electrons. The molecule has 78 valence electrons. The van der Waals surface area contributed by atoms with Gasteiger partial charge in [0.15, 0.2) is 0 Å². The summed E-state index contributed by atoms with van der Waals surface area (Å²) in [4.78, 5) is 0. The van der Waals surface area contributed by atoms with Crippen molar-refractivity contribution in [3.8, 4) is 0 Å². The van der Waals surface area contributed by atoms with Crippen LogP contribution in [0.2, 0.25) is 0 Å². The maximum absolute atomic E-state index is 2.46. The van der Waals surface area contributed by atoms with E-state index in [-0.39, 0.29) is 0 Å². The zero-order valence-corrected chi connectivity index (χ0v) is 9.84. The Bertz CT molecular complexity index is 123. The molecule has 1 rings (SSSR count). The van der Waals surface area contributed by atoms with Crippen molar-refractivity contribution in [2.24, 2.45) is 23.7 Å². The van der Waals surface area contributed by atoms with Gasteiger partial charge in [-0.05, 0) is 30.1 Å². The second-order valence-electron chi connectivity index (χ2n) is 5.10. The molecule has 0 aromatic carbocycles. The van der Waals surface area contributed by atoms with Crippen molar-refractivity contribution in [3.63, 3.8) is 0 Å². The Hall–Kier alpha value is 0. The Morgan fingerprint density at radius 2 is 1.23 bits per heavy atom. The Balaban J connectivity index is 2.54. The van der Waals surface area contributed by atoms with Crippen molar-refractivity contribution >= 4 is 0 Å². The van der Waals surface area contributed by atoms with Crippen molar-refractivity contribution in [1.82, 2.24) is 0 Å². The van der Waals surface area contributed by atoms with Crippen LogP contribution in [0.25, 0.3) is 0 Å². The largest absolute Gasteiger partial charge is 0.0654 e. The smallest absolute Gasteiger partial charge is 0.0358 e. The van der Waals surface area contributed by atoms with Crippen LogP contribution in [0.3, 0.4) is 0 Å². The van der Waals surface area contributed by atoms with Gasteiger partial charge >= 0.3 is 0 Å². The van der Waals surface area contributed by atoms with E-state index in [1.54, 1.807) is 0 Å². The molecule has 0 heterocycles. The van der Waals surface area contributed by atoms with E-state index >= 15 is 0 Å². The Morgan fingerprint density at radius 3 is 1.54 bits per heavy atom. The lowest BCUT2D eigenvalue weighted by molar-refractivity contribution is 0.262. The summed E-state index contributed by atoms with van der Waals surface area (Å²) in [6.07, 6.45) is 7.17. The van der Waals surface area contributed by atoms with Gasteiger partial charge in [0.25, 0.3) is 0 Å². The van der Waals surface area contributed by atoms with Crippen molar-refractivity contribution < 1.29 is 0 Å². The fourth-order valence-corrected chi connectivity index (χ4v) is 3.44. The van der Waals surface area contributed by atoms with Crippen LogP contribution >= 0.6 is 0 Å². The lowest BCUT2D eigenvalue weighted by Gasteiger charge is -2.23. The Kier molecular flexibility index (Phi) is 4.28. The average molecular weight is 182 g/mol. The van der Waals surface area contributed by atoms with Gasteiger partial charge in [-0.15, -0.1) is 0 Å². The molecular formula is C13H26. The highest BCUT2D eigenvalue weighted by atomic mass is 14.4. The van der Waals surface area contributed by atoms with E-state index in [1.807, 2.05) is 0 Å². The second-order valence-corrected chi connectivity index (χ2v) is 5.10. The summed E-state index contributed by atoms with van der Waals surface area (Å²) in [6.45, 7) is 9.59. The summed E-state index contributed by atoms with van der Waals surface area (Å²) >= 11 is 0. The first-order chi connectivity index (χ1) is 6.20. The van der Waals surface area contributed by atoms with Gasteiger partial charge in [-0.1, -0.05) is 53.4 Å². The van der Waals surface area contributed by atoms with Crippen LogP contribution in [0, 0.1) is 23.7 Å². The molecular weight excluding hydrogens is 156 g/mol. The molecule has 0 aromatic rings. The van der Waals surface area contributed by atoms with Gasteiger partial charge in [-0.3, -0.25) is 0 Å². The maximum atomic E-state index is 2.46. The lowest BCUT2D eigenvalue weighted by Crippen LogP contribution is -2.15. The molecule has 4 atom stereocenters. The van der Waals surface area contributed by atoms with Gasteiger partial charge in [0.2, 0.25) is 0 Å². The average Bonchev–Trinajstić information content (AvgIpc) is 2.33. The standard InChI is InChI=1S/C13H26/c1-5-7-12-10(3)9-11(4)13(12)8-6-2/h10-13H,5-9H2,1-4H3/t10-,11?,12?,13?/m1/s1. The Morgan fingerprint density at radius 1 is 0.846 bits per heavy atom. The molecule has 0 N–H and O–H groups in total. The first-order valence-electron chi connectivity index (χ1n) is 6.20. The van der Waals surface area contributed by atoms with Gasteiger partial charge in [0.05, 0.1) is 0 Å². The van der Waals surface area contributed by atoms with Gasteiger partial charge < -0.3 is 0 Å². The van der Waals surface area contributed by atoms with Gasteiger partial charge in [-0.25, -0.2) is 0 Å². The third-order valence-corrected chi connectivity index (χ3v) is 4.00. The molecule has 0 aliphatic heterocycles. The predicted molar refractivity (Wildman–Crippen MR) is 59.7 cm³/mol. The SMILES string of the molecule is CCCC1C(C)C[C@@H](C)C1CCC. The van der Waals surface area contributed by atoms with Crippen LogP contribution in [0.4, 0.5) is 0 Å². The quantitative estimate of drug-likeness (QED) is 0.600. The lowest BCUT2D eigenvalue weighted by atomic mass is 9.82. The van der Waals surface area contributed by atoms with E-state index in [0.717, 1.165) is 23.7 Å². The summed E-state index contributed by atoms with van der Waals surface area (Å²) in [5.41, 5.74) is 0. The van der Waals surface area contributed by atoms with E-state index in [0.29, 0.717) is 0 Å². The van der Waals surface area contributed by atoms with Crippen molar-refractivity contribution in [2.75, 3.05) is 0 Å². The molecule has 0 aromatic heterocycles. The fourth-order valence-electron chi connectivity index (χ4n) is 3.44. The van der Waals surface area contributed by atoms with Crippen molar-refractivity contribution in [3.05, 3.63) is 0 Å². The van der Waals surface area contributed by atoms with E-state index < -0.39 is 0 Å². The van der Waals surface area contributed by atoms with Crippen LogP contribution in [-0.4, -0.2) is 0 Å². The van der Waals surface area contributed by atoms with Crippen LogP contribution < -0.4 is 0 Å². The van der Waals surface area contributed by atoms with Crippen molar-refractivity contribution in [2.45, 2.75) is 59.8 Å². The highest BCUT2D eigenvalue weighted by Gasteiger charge is 2.36. The zero-order chi connectivity index (χ0) is 9.84. The second kappa shape index (κ2) is 5.02. The topological polar surface area (TPSA) is 0 Å². The molecule has 0 spiro atoms. The third-order valence-electron chi connectivity index (χ3n) is 4.00. The van der Waals surface area contributed by atoms with Gasteiger partial charge in [0.1, 0.15) is 0 Å². The minimum Gasteiger partial charge on any atom is -0.0654 e. The Labute approximate surface area is 84.1 Å². The highest BCUT2D eigenvalue weighted by molar-refractivity contribution is 4.86. The molecule has 0 nitrogen and oxygen atoms in total. The number of hydrogen-bond donors (Lipinski definition) is 0. The minimum absolute atomic E-state index is 0.992. The molecule has 0 heteroatoms. The van der Waals surface area contributed by atoms with Gasteiger partial charge in [-0.2, -0.15) is 0 Å². The molecule has 1 aliphatic carbocycles. The first kappa shape index (κ1) is 11.1. The zero-order valence-electron chi connectivity index (χ0n) is 9.84. The predicted octanol–water partition coefficient (Wildman–Crippen LogP) is 4.49. The number of rotatable bonds is 4. The van der Waals surface area contributed by atoms with E-state index in [2.05, 4.69) is 27.7 Å². The summed E-state index contributed by atoms with van der Waals surface area (Å²) in [5.74, 6) is 4.07. The fraction of sp³-hybridized carbons (Fsp3) is 1.00. The third kappa shape index (κ3) is 2.48. The summed E-state index contributed by atoms with van der Waals surface area (Å²) in [7, 11) is 0. The van der Waals surface area contributed by atoms with E-state index in [4.69, 9.17) is 0 Å². The normalized spacial score (nSPS) is 39.7. The molecule has 3 unspecified atom stereocenters.